The van der Waals surface area contributed by atoms with Gasteiger partial charge in [0.25, 0.3) is 5.91 Å². The number of methoxy groups -OCH3 is 1. The summed E-state index contributed by atoms with van der Waals surface area (Å²) in [5.74, 6) is 0.954. The molecule has 3 rings (SSSR count). The van der Waals surface area contributed by atoms with Crippen molar-refractivity contribution < 1.29 is 14.3 Å². The highest BCUT2D eigenvalue weighted by Gasteiger charge is 2.20. The number of thiazole rings is 1. The monoisotopic (exact) mass is 332 g/mol. The van der Waals surface area contributed by atoms with Crippen LogP contribution in [0.15, 0.2) is 24.3 Å². The Morgan fingerprint density at radius 3 is 2.74 bits per heavy atom. The summed E-state index contributed by atoms with van der Waals surface area (Å²) in [6.07, 6.45) is 3.82. The third-order valence-corrected chi connectivity index (χ3v) is 4.89. The maximum Gasteiger partial charge on any atom is 0.266 e. The summed E-state index contributed by atoms with van der Waals surface area (Å²) < 4.78 is 10.9. The summed E-state index contributed by atoms with van der Waals surface area (Å²) in [7, 11) is 1.58. The average molecular weight is 332 g/mol. The number of hydrogen-bond acceptors (Lipinski definition) is 5. The molecule has 23 heavy (non-hydrogen) atoms. The van der Waals surface area contributed by atoms with Gasteiger partial charge in [-0.25, -0.2) is 4.98 Å². The van der Waals surface area contributed by atoms with Gasteiger partial charge in [-0.05, 0) is 44.7 Å². The Hall–Kier alpha value is -2.08. The van der Waals surface area contributed by atoms with Crippen LogP contribution in [0.3, 0.4) is 0 Å². The zero-order chi connectivity index (χ0) is 16.2. The quantitative estimate of drug-likeness (QED) is 0.911. The maximum atomic E-state index is 12.3. The van der Waals surface area contributed by atoms with Gasteiger partial charge in [0, 0.05) is 4.88 Å². The Bertz CT molecular complexity index is 675. The van der Waals surface area contributed by atoms with Crippen LogP contribution in [0, 0.1) is 0 Å². The molecule has 0 spiro atoms. The second-order valence-corrected chi connectivity index (χ2v) is 6.58. The normalized spacial score (nSPS) is 14.7. The molecule has 1 atom stereocenters. The van der Waals surface area contributed by atoms with Crippen LogP contribution in [0.4, 0.5) is 5.13 Å². The zero-order valence-corrected chi connectivity index (χ0v) is 14.1. The van der Waals surface area contributed by atoms with Crippen molar-refractivity contribution in [3.05, 3.63) is 34.8 Å². The highest BCUT2D eigenvalue weighted by Crippen LogP contribution is 2.30. The van der Waals surface area contributed by atoms with Crippen LogP contribution in [0.2, 0.25) is 0 Å². The molecule has 122 valence electrons. The number of nitrogens with one attached hydrogen (secondary N) is 1. The van der Waals surface area contributed by atoms with Gasteiger partial charge in [0.15, 0.2) is 22.7 Å². The number of carbonyl (C=O) groups excluding carboxylic acids is 1. The topological polar surface area (TPSA) is 60.5 Å². The Kier molecular flexibility index (Phi) is 4.81. The SMILES string of the molecule is COc1ccccc1O[C@@H](C)C(=O)Nc1nc2c(s1)CCCC2. The summed E-state index contributed by atoms with van der Waals surface area (Å²) in [5.41, 5.74) is 1.13. The minimum atomic E-state index is -0.632. The molecule has 5 nitrogen and oxygen atoms in total. The number of rotatable bonds is 5. The van der Waals surface area contributed by atoms with Gasteiger partial charge in [-0.3, -0.25) is 10.1 Å². The number of amides is 1. The maximum absolute atomic E-state index is 12.3. The van der Waals surface area contributed by atoms with Crippen molar-refractivity contribution in [1.82, 2.24) is 4.98 Å². The summed E-state index contributed by atoms with van der Waals surface area (Å²) in [6, 6.07) is 7.29. The fourth-order valence-corrected chi connectivity index (χ4v) is 3.63. The van der Waals surface area contributed by atoms with Crippen molar-refractivity contribution in [1.29, 1.82) is 0 Å². The van der Waals surface area contributed by atoms with Crippen molar-refractivity contribution in [2.24, 2.45) is 0 Å². The van der Waals surface area contributed by atoms with Gasteiger partial charge in [-0.2, -0.15) is 0 Å². The number of carbonyl (C=O) groups is 1. The van der Waals surface area contributed by atoms with Crippen molar-refractivity contribution in [3.63, 3.8) is 0 Å². The molecule has 0 unspecified atom stereocenters. The van der Waals surface area contributed by atoms with E-state index in [1.54, 1.807) is 37.5 Å². The molecule has 0 fully saturated rings. The fraction of sp³-hybridized carbons (Fsp3) is 0.412. The lowest BCUT2D eigenvalue weighted by Crippen LogP contribution is -2.30. The van der Waals surface area contributed by atoms with E-state index in [0.717, 1.165) is 18.5 Å². The van der Waals surface area contributed by atoms with Gasteiger partial charge >= 0.3 is 0 Å². The second-order valence-electron chi connectivity index (χ2n) is 5.50. The molecule has 1 aromatic heterocycles. The van der Waals surface area contributed by atoms with Crippen LogP contribution in [0.25, 0.3) is 0 Å². The third-order valence-electron chi connectivity index (χ3n) is 3.82. The molecular weight excluding hydrogens is 312 g/mol. The van der Waals surface area contributed by atoms with Crippen molar-refractivity contribution in [2.45, 2.75) is 38.7 Å². The number of para-hydroxylation sites is 2. The molecule has 1 aromatic carbocycles. The predicted molar refractivity (Wildman–Crippen MR) is 90.5 cm³/mol. The standard InChI is InChI=1S/C17H20N2O3S/c1-11(22-14-9-5-4-8-13(14)21-2)16(20)19-17-18-12-7-3-6-10-15(12)23-17/h4-5,8-9,11H,3,6-7,10H2,1-2H3,(H,18,19,20)/t11-/m0/s1. The molecule has 0 saturated heterocycles. The molecule has 1 aliphatic carbocycles. The number of fused-ring (bicyclic) bond motifs is 1. The molecule has 2 aromatic rings. The van der Waals surface area contributed by atoms with Crippen LogP contribution in [0.5, 0.6) is 11.5 Å². The van der Waals surface area contributed by atoms with Gasteiger partial charge in [0.2, 0.25) is 0 Å². The smallest absolute Gasteiger partial charge is 0.266 e. The largest absolute Gasteiger partial charge is 0.493 e. The number of benzene rings is 1. The minimum absolute atomic E-state index is 0.206. The van der Waals surface area contributed by atoms with E-state index in [0.29, 0.717) is 16.6 Å². The Morgan fingerprint density at radius 1 is 1.26 bits per heavy atom. The fourth-order valence-electron chi connectivity index (χ4n) is 2.57. The number of anilines is 1. The highest BCUT2D eigenvalue weighted by atomic mass is 32.1. The van der Waals surface area contributed by atoms with Crippen LogP contribution < -0.4 is 14.8 Å². The molecule has 1 amide bonds. The minimum Gasteiger partial charge on any atom is -0.493 e. The van der Waals surface area contributed by atoms with Gasteiger partial charge in [-0.1, -0.05) is 12.1 Å². The van der Waals surface area contributed by atoms with Crippen LogP contribution in [-0.2, 0) is 17.6 Å². The molecular formula is C17H20N2O3S. The molecule has 0 aliphatic heterocycles. The van der Waals surface area contributed by atoms with Gasteiger partial charge in [0.1, 0.15) is 0 Å². The third kappa shape index (κ3) is 3.64. The van der Waals surface area contributed by atoms with E-state index in [1.807, 2.05) is 12.1 Å². The molecule has 0 radical (unpaired) electrons. The summed E-state index contributed by atoms with van der Waals surface area (Å²) >= 11 is 1.57. The molecule has 6 heteroatoms. The van der Waals surface area contributed by atoms with Crippen LogP contribution in [-0.4, -0.2) is 24.1 Å². The Balaban J connectivity index is 1.64. The van der Waals surface area contributed by atoms with E-state index in [4.69, 9.17) is 9.47 Å². The summed E-state index contributed by atoms with van der Waals surface area (Å²) in [5, 5.41) is 3.52. The molecule has 1 heterocycles. The second kappa shape index (κ2) is 7.00. The lowest BCUT2D eigenvalue weighted by molar-refractivity contribution is -0.122. The first kappa shape index (κ1) is 15.8. The summed E-state index contributed by atoms with van der Waals surface area (Å²) in [6.45, 7) is 1.72. The molecule has 1 N–H and O–H groups in total. The van der Waals surface area contributed by atoms with Gasteiger partial charge in [-0.15, -0.1) is 11.3 Å². The number of aromatic nitrogens is 1. The average Bonchev–Trinajstić information content (AvgIpc) is 2.97. The Labute approximate surface area is 139 Å². The van der Waals surface area contributed by atoms with E-state index < -0.39 is 6.10 Å². The lowest BCUT2D eigenvalue weighted by atomic mass is 10.0. The van der Waals surface area contributed by atoms with Gasteiger partial charge < -0.3 is 9.47 Å². The Morgan fingerprint density at radius 2 is 2.00 bits per heavy atom. The van der Waals surface area contributed by atoms with Crippen LogP contribution >= 0.6 is 11.3 Å². The van der Waals surface area contributed by atoms with E-state index in [9.17, 15) is 4.79 Å². The first-order valence-corrected chi connectivity index (χ1v) is 8.58. The molecule has 0 bridgehead atoms. The van der Waals surface area contributed by atoms with E-state index in [-0.39, 0.29) is 5.91 Å². The van der Waals surface area contributed by atoms with E-state index >= 15 is 0 Å². The highest BCUT2D eigenvalue weighted by molar-refractivity contribution is 7.15. The van der Waals surface area contributed by atoms with Crippen LogP contribution in [0.1, 0.15) is 30.3 Å². The van der Waals surface area contributed by atoms with E-state index in [2.05, 4.69) is 10.3 Å². The van der Waals surface area contributed by atoms with E-state index in [1.165, 1.54) is 17.7 Å². The number of nitrogens with zero attached hydrogens (tertiary/aromatic N) is 1. The predicted octanol–water partition coefficient (Wildman–Crippen LogP) is 3.44. The molecule has 0 saturated carbocycles. The summed E-state index contributed by atoms with van der Waals surface area (Å²) in [4.78, 5) is 18.1. The first-order chi connectivity index (χ1) is 11.2. The lowest BCUT2D eigenvalue weighted by Gasteiger charge is -2.15. The van der Waals surface area contributed by atoms with Crippen molar-refractivity contribution >= 4 is 22.4 Å². The van der Waals surface area contributed by atoms with Crippen molar-refractivity contribution in [3.8, 4) is 11.5 Å². The number of ether oxygens (including phenoxy) is 2. The number of hydrogen-bond donors (Lipinski definition) is 1. The zero-order valence-electron chi connectivity index (χ0n) is 13.3. The van der Waals surface area contributed by atoms with Gasteiger partial charge in [0.05, 0.1) is 12.8 Å². The van der Waals surface area contributed by atoms with Crippen molar-refractivity contribution in [2.75, 3.05) is 12.4 Å². The molecule has 1 aliphatic rings. The first-order valence-electron chi connectivity index (χ1n) is 7.76. The number of aryl methyl sites for hydroxylation is 2.